The van der Waals surface area contributed by atoms with Gasteiger partial charge in [0.1, 0.15) is 0 Å². The number of carbonyl (C=O) groups excluding carboxylic acids is 1. The fourth-order valence-corrected chi connectivity index (χ4v) is 4.20. The van der Waals surface area contributed by atoms with Crippen LogP contribution in [0.2, 0.25) is 0 Å². The lowest BCUT2D eigenvalue weighted by Gasteiger charge is -2.16. The highest BCUT2D eigenvalue weighted by Gasteiger charge is 2.15. The van der Waals surface area contributed by atoms with Gasteiger partial charge in [0, 0.05) is 17.2 Å². The van der Waals surface area contributed by atoms with Crippen LogP contribution in [0.4, 0.5) is 10.8 Å². The predicted octanol–water partition coefficient (Wildman–Crippen LogP) is 5.06. The third-order valence-corrected chi connectivity index (χ3v) is 5.90. The summed E-state index contributed by atoms with van der Waals surface area (Å²) >= 11 is 5.06. The molecule has 0 aliphatic carbocycles. The first-order valence-electron chi connectivity index (χ1n) is 7.99. The van der Waals surface area contributed by atoms with E-state index in [9.17, 15) is 4.79 Å². The average Bonchev–Trinajstić information content (AvgIpc) is 3.00. The Morgan fingerprint density at radius 3 is 2.56 bits per heavy atom. The molecule has 25 heavy (non-hydrogen) atoms. The second-order valence-electron chi connectivity index (χ2n) is 6.24. The van der Waals surface area contributed by atoms with Crippen molar-refractivity contribution in [3.63, 3.8) is 0 Å². The van der Waals surface area contributed by atoms with E-state index in [-0.39, 0.29) is 12.5 Å². The number of fused-ring (bicyclic) bond motifs is 1. The fourth-order valence-electron chi connectivity index (χ4n) is 2.65. The lowest BCUT2D eigenvalue weighted by Crippen LogP contribution is -2.30. The first-order chi connectivity index (χ1) is 11.8. The number of aromatic nitrogens is 1. The van der Waals surface area contributed by atoms with Crippen molar-refractivity contribution in [2.45, 2.75) is 20.8 Å². The topological polar surface area (TPSA) is 45.2 Å². The second kappa shape index (κ2) is 7.14. The minimum Gasteiger partial charge on any atom is -0.342 e. The molecule has 1 amide bonds. The van der Waals surface area contributed by atoms with Gasteiger partial charge >= 0.3 is 0 Å². The summed E-state index contributed by atoms with van der Waals surface area (Å²) in [5.74, 6) is -0.0550. The Morgan fingerprint density at radius 2 is 1.88 bits per heavy atom. The Balaban J connectivity index is 1.75. The summed E-state index contributed by atoms with van der Waals surface area (Å²) < 4.78 is 2.19. The molecular formula is C19H20BrN3OS. The number of benzene rings is 2. The van der Waals surface area contributed by atoms with Gasteiger partial charge in [-0.15, -0.1) is 0 Å². The van der Waals surface area contributed by atoms with Gasteiger partial charge in [-0.1, -0.05) is 39.4 Å². The van der Waals surface area contributed by atoms with E-state index in [1.54, 1.807) is 11.3 Å². The number of nitrogens with one attached hydrogen (secondary N) is 1. The molecule has 3 rings (SSSR count). The number of anilines is 2. The van der Waals surface area contributed by atoms with Gasteiger partial charge in [-0.05, 0) is 55.7 Å². The van der Waals surface area contributed by atoms with Crippen LogP contribution in [0.3, 0.4) is 0 Å². The molecule has 6 heteroatoms. The zero-order valence-electron chi connectivity index (χ0n) is 14.7. The van der Waals surface area contributed by atoms with Gasteiger partial charge in [-0.25, -0.2) is 4.98 Å². The number of amides is 1. The highest BCUT2D eigenvalue weighted by Crippen LogP contribution is 2.32. The van der Waals surface area contributed by atoms with Crippen molar-refractivity contribution >= 4 is 54.2 Å². The van der Waals surface area contributed by atoms with Crippen LogP contribution < -0.4 is 10.2 Å². The van der Waals surface area contributed by atoms with Crippen molar-refractivity contribution in [3.05, 3.63) is 51.5 Å². The van der Waals surface area contributed by atoms with E-state index in [0.29, 0.717) is 0 Å². The largest absolute Gasteiger partial charge is 0.342 e. The molecule has 1 heterocycles. The molecule has 2 aromatic carbocycles. The van der Waals surface area contributed by atoms with Crippen molar-refractivity contribution in [2.24, 2.45) is 0 Å². The van der Waals surface area contributed by atoms with Gasteiger partial charge < -0.3 is 10.2 Å². The molecule has 4 nitrogen and oxygen atoms in total. The Bertz CT molecular complexity index is 912. The molecule has 1 N–H and O–H groups in total. The summed E-state index contributed by atoms with van der Waals surface area (Å²) in [7, 11) is 1.90. The predicted molar refractivity (Wildman–Crippen MR) is 110 cm³/mol. The molecule has 0 aliphatic heterocycles. The number of halogens is 1. The number of nitrogens with zero attached hydrogens (tertiary/aromatic N) is 2. The molecule has 0 spiro atoms. The first-order valence-corrected chi connectivity index (χ1v) is 9.60. The zero-order valence-corrected chi connectivity index (χ0v) is 17.1. The molecule has 1 aromatic heterocycles. The quantitative estimate of drug-likeness (QED) is 0.644. The molecular weight excluding hydrogens is 398 g/mol. The minimum absolute atomic E-state index is 0.0550. The number of hydrogen-bond acceptors (Lipinski definition) is 4. The van der Waals surface area contributed by atoms with Crippen LogP contribution in [-0.2, 0) is 4.79 Å². The van der Waals surface area contributed by atoms with Crippen LogP contribution >= 0.6 is 27.3 Å². The molecule has 0 fully saturated rings. The van der Waals surface area contributed by atoms with Crippen molar-refractivity contribution in [1.82, 2.24) is 4.98 Å². The van der Waals surface area contributed by atoms with E-state index in [0.717, 1.165) is 31.9 Å². The number of likely N-dealkylation sites (N-methyl/N-ethyl adjacent to an activating group) is 1. The summed E-state index contributed by atoms with van der Waals surface area (Å²) in [6.45, 7) is 6.39. The van der Waals surface area contributed by atoms with E-state index in [1.807, 2.05) is 37.1 Å². The lowest BCUT2D eigenvalue weighted by molar-refractivity contribution is -0.114. The van der Waals surface area contributed by atoms with E-state index in [1.165, 1.54) is 10.3 Å². The second-order valence-corrected chi connectivity index (χ2v) is 8.13. The zero-order chi connectivity index (χ0) is 18.1. The van der Waals surface area contributed by atoms with Crippen molar-refractivity contribution < 1.29 is 4.79 Å². The SMILES string of the molecule is Cc1cc(Br)ccc1NC(=O)CN(C)c1nc2c(C)ccc(C)c2s1. The summed E-state index contributed by atoms with van der Waals surface area (Å²) in [5.41, 5.74) is 5.25. The van der Waals surface area contributed by atoms with Gasteiger partial charge in [0.15, 0.2) is 5.13 Å². The van der Waals surface area contributed by atoms with Crippen LogP contribution in [0.25, 0.3) is 10.2 Å². The van der Waals surface area contributed by atoms with E-state index in [4.69, 9.17) is 4.98 Å². The third kappa shape index (κ3) is 3.85. The fraction of sp³-hybridized carbons (Fsp3) is 0.263. The molecule has 0 aliphatic rings. The maximum atomic E-state index is 12.4. The normalized spacial score (nSPS) is 10.9. The van der Waals surface area contributed by atoms with Crippen LogP contribution in [0.5, 0.6) is 0 Å². The Hall–Kier alpha value is -1.92. The Kier molecular flexibility index (Phi) is 5.11. The summed E-state index contributed by atoms with van der Waals surface area (Å²) in [6, 6.07) is 10.0. The number of rotatable bonds is 4. The maximum Gasteiger partial charge on any atom is 0.243 e. The molecule has 0 bridgehead atoms. The molecule has 0 atom stereocenters. The lowest BCUT2D eigenvalue weighted by atomic mass is 10.1. The number of hydrogen-bond donors (Lipinski definition) is 1. The molecule has 130 valence electrons. The third-order valence-electron chi connectivity index (χ3n) is 4.10. The van der Waals surface area contributed by atoms with E-state index >= 15 is 0 Å². The average molecular weight is 418 g/mol. The highest BCUT2D eigenvalue weighted by molar-refractivity contribution is 9.10. The van der Waals surface area contributed by atoms with Crippen LogP contribution in [-0.4, -0.2) is 24.5 Å². The monoisotopic (exact) mass is 417 g/mol. The van der Waals surface area contributed by atoms with E-state index in [2.05, 4.69) is 47.2 Å². The minimum atomic E-state index is -0.0550. The first kappa shape index (κ1) is 17.9. The van der Waals surface area contributed by atoms with Crippen molar-refractivity contribution in [1.29, 1.82) is 0 Å². The molecule has 0 saturated carbocycles. The van der Waals surface area contributed by atoms with Crippen molar-refractivity contribution in [3.8, 4) is 0 Å². The van der Waals surface area contributed by atoms with E-state index < -0.39 is 0 Å². The molecule has 0 radical (unpaired) electrons. The van der Waals surface area contributed by atoms with Gasteiger partial charge in [0.2, 0.25) is 5.91 Å². The summed E-state index contributed by atoms with van der Waals surface area (Å²) in [4.78, 5) is 19.0. The van der Waals surface area contributed by atoms with Crippen LogP contribution in [0.1, 0.15) is 16.7 Å². The Labute approximate surface area is 160 Å². The number of carbonyl (C=O) groups is 1. The molecule has 3 aromatic rings. The molecule has 0 unspecified atom stereocenters. The van der Waals surface area contributed by atoms with Gasteiger partial charge in [0.25, 0.3) is 0 Å². The summed E-state index contributed by atoms with van der Waals surface area (Å²) in [5, 5.41) is 3.83. The highest BCUT2D eigenvalue weighted by atomic mass is 79.9. The Morgan fingerprint density at radius 1 is 1.16 bits per heavy atom. The van der Waals surface area contributed by atoms with Crippen LogP contribution in [0, 0.1) is 20.8 Å². The summed E-state index contributed by atoms with van der Waals surface area (Å²) in [6.07, 6.45) is 0. The number of aryl methyl sites for hydroxylation is 3. The van der Waals surface area contributed by atoms with Crippen LogP contribution in [0.15, 0.2) is 34.8 Å². The van der Waals surface area contributed by atoms with Gasteiger partial charge in [0.05, 0.1) is 16.8 Å². The van der Waals surface area contributed by atoms with Crippen molar-refractivity contribution in [2.75, 3.05) is 23.8 Å². The maximum absolute atomic E-state index is 12.4. The van der Waals surface area contributed by atoms with Gasteiger partial charge in [-0.2, -0.15) is 0 Å². The molecule has 0 saturated heterocycles. The standard InChI is InChI=1S/C19H20BrN3OS/c1-11-5-6-12(2)18-17(11)22-19(25-18)23(4)10-16(24)21-15-8-7-14(20)9-13(15)3/h5-9H,10H2,1-4H3,(H,21,24). The number of thiazole rings is 1. The smallest absolute Gasteiger partial charge is 0.243 e. The van der Waals surface area contributed by atoms with Gasteiger partial charge in [-0.3, -0.25) is 4.79 Å².